The third-order valence-corrected chi connectivity index (χ3v) is 3.11. The lowest BCUT2D eigenvalue weighted by atomic mass is 10.1. The molecule has 0 amide bonds. The number of carboxylic acid groups (broad SMARTS) is 1. The number of rotatable bonds is 5. The van der Waals surface area contributed by atoms with Crippen molar-refractivity contribution in [1.82, 2.24) is 9.78 Å². The minimum Gasteiger partial charge on any atom is -0.496 e. The molecule has 0 aliphatic carbocycles. The van der Waals surface area contributed by atoms with Crippen molar-refractivity contribution < 1.29 is 14.6 Å². The van der Waals surface area contributed by atoms with Crippen LogP contribution in [0.5, 0.6) is 5.75 Å². The summed E-state index contributed by atoms with van der Waals surface area (Å²) in [5.41, 5.74) is 1.37. The maximum Gasteiger partial charge on any atom is 0.354 e. The van der Waals surface area contributed by atoms with Gasteiger partial charge in [0.1, 0.15) is 11.4 Å². The second-order valence-corrected chi connectivity index (χ2v) is 4.72. The number of hydrogen-bond donors (Lipinski definition) is 1. The Morgan fingerprint density at radius 2 is 2.20 bits per heavy atom. The van der Waals surface area contributed by atoms with Crippen molar-refractivity contribution in [2.75, 3.05) is 7.11 Å². The van der Waals surface area contributed by atoms with Crippen LogP contribution in [0.1, 0.15) is 23.8 Å². The van der Waals surface area contributed by atoms with Gasteiger partial charge in [0.05, 0.1) is 12.8 Å². The SMILES string of the molecule is CCCn1nc(-c2cc(Cl)ccc2OC)cc1C(=O)O. The molecule has 0 unspecified atom stereocenters. The number of aromatic carboxylic acids is 1. The maximum atomic E-state index is 11.2. The van der Waals surface area contributed by atoms with Crippen LogP contribution < -0.4 is 4.74 Å². The van der Waals surface area contributed by atoms with E-state index in [0.717, 1.165) is 6.42 Å². The molecule has 0 saturated heterocycles. The van der Waals surface area contributed by atoms with Gasteiger partial charge in [-0.25, -0.2) is 4.79 Å². The Morgan fingerprint density at radius 3 is 2.80 bits per heavy atom. The van der Waals surface area contributed by atoms with E-state index in [1.54, 1.807) is 25.3 Å². The van der Waals surface area contributed by atoms with Crippen LogP contribution in [0, 0.1) is 0 Å². The number of benzene rings is 1. The van der Waals surface area contributed by atoms with Crippen LogP contribution in [-0.2, 0) is 6.54 Å². The topological polar surface area (TPSA) is 64.4 Å². The van der Waals surface area contributed by atoms with Crippen molar-refractivity contribution in [3.63, 3.8) is 0 Å². The normalized spacial score (nSPS) is 10.6. The Labute approximate surface area is 121 Å². The van der Waals surface area contributed by atoms with Crippen LogP contribution in [0.3, 0.4) is 0 Å². The van der Waals surface area contributed by atoms with Gasteiger partial charge in [-0.2, -0.15) is 5.10 Å². The third kappa shape index (κ3) is 2.77. The van der Waals surface area contributed by atoms with Gasteiger partial charge in [-0.15, -0.1) is 0 Å². The first kappa shape index (κ1) is 14.4. The Balaban J connectivity index is 2.55. The number of nitrogens with zero attached hydrogens (tertiary/aromatic N) is 2. The second-order valence-electron chi connectivity index (χ2n) is 4.29. The van der Waals surface area contributed by atoms with Crippen LogP contribution in [0.4, 0.5) is 0 Å². The van der Waals surface area contributed by atoms with Crippen LogP contribution >= 0.6 is 11.6 Å². The molecule has 0 radical (unpaired) electrons. The van der Waals surface area contributed by atoms with Crippen molar-refractivity contribution in [2.24, 2.45) is 0 Å². The van der Waals surface area contributed by atoms with Gasteiger partial charge in [0.2, 0.25) is 0 Å². The zero-order chi connectivity index (χ0) is 14.7. The zero-order valence-corrected chi connectivity index (χ0v) is 12.0. The van der Waals surface area contributed by atoms with Crippen molar-refractivity contribution in [3.8, 4) is 17.0 Å². The van der Waals surface area contributed by atoms with Gasteiger partial charge in [0.25, 0.3) is 0 Å². The minimum atomic E-state index is -1.00. The molecule has 1 aromatic carbocycles. The first-order valence-electron chi connectivity index (χ1n) is 6.22. The van der Waals surface area contributed by atoms with Crippen molar-refractivity contribution in [2.45, 2.75) is 19.9 Å². The minimum absolute atomic E-state index is 0.156. The van der Waals surface area contributed by atoms with Gasteiger partial charge in [-0.1, -0.05) is 18.5 Å². The highest BCUT2D eigenvalue weighted by Gasteiger charge is 2.17. The van der Waals surface area contributed by atoms with Crippen LogP contribution in [0.2, 0.25) is 5.02 Å². The summed E-state index contributed by atoms with van der Waals surface area (Å²) in [5, 5.41) is 14.1. The fourth-order valence-electron chi connectivity index (χ4n) is 1.98. The van der Waals surface area contributed by atoms with E-state index in [0.29, 0.717) is 28.6 Å². The predicted molar refractivity (Wildman–Crippen MR) is 76.5 cm³/mol. The Bertz CT molecular complexity index is 637. The first-order valence-corrected chi connectivity index (χ1v) is 6.59. The van der Waals surface area contributed by atoms with E-state index in [2.05, 4.69) is 5.10 Å². The highest BCUT2D eigenvalue weighted by molar-refractivity contribution is 6.31. The fourth-order valence-corrected chi connectivity index (χ4v) is 2.16. The smallest absolute Gasteiger partial charge is 0.354 e. The van der Waals surface area contributed by atoms with Crippen LogP contribution in [0.15, 0.2) is 24.3 Å². The molecule has 1 aromatic heterocycles. The number of halogens is 1. The number of carboxylic acids is 1. The molecular formula is C14H15ClN2O3. The second kappa shape index (κ2) is 5.96. The van der Waals surface area contributed by atoms with Gasteiger partial charge >= 0.3 is 5.97 Å². The standard InChI is InChI=1S/C14H15ClN2O3/c1-3-6-17-12(14(18)19)8-11(16-17)10-7-9(15)4-5-13(10)20-2/h4-5,7-8H,3,6H2,1-2H3,(H,18,19). The molecule has 2 aromatic rings. The molecule has 1 heterocycles. The summed E-state index contributed by atoms with van der Waals surface area (Å²) in [4.78, 5) is 11.2. The molecule has 106 valence electrons. The molecule has 0 aliphatic heterocycles. The number of aryl methyl sites for hydroxylation is 1. The molecule has 2 rings (SSSR count). The molecular weight excluding hydrogens is 280 g/mol. The molecule has 0 aliphatic rings. The van der Waals surface area contributed by atoms with Gasteiger partial charge in [-0.05, 0) is 30.7 Å². The number of ether oxygens (including phenoxy) is 1. The molecule has 0 saturated carbocycles. The number of aromatic nitrogens is 2. The van der Waals surface area contributed by atoms with Crippen LogP contribution in [-0.4, -0.2) is 28.0 Å². The molecule has 0 fully saturated rings. The molecule has 0 spiro atoms. The highest BCUT2D eigenvalue weighted by Crippen LogP contribution is 2.32. The average Bonchev–Trinajstić information content (AvgIpc) is 2.83. The fraction of sp³-hybridized carbons (Fsp3) is 0.286. The Morgan fingerprint density at radius 1 is 1.45 bits per heavy atom. The number of hydrogen-bond acceptors (Lipinski definition) is 3. The van der Waals surface area contributed by atoms with Crippen molar-refractivity contribution in [3.05, 3.63) is 35.0 Å². The molecule has 5 nitrogen and oxygen atoms in total. The largest absolute Gasteiger partial charge is 0.496 e. The lowest BCUT2D eigenvalue weighted by Crippen LogP contribution is -2.09. The van der Waals surface area contributed by atoms with E-state index in [4.69, 9.17) is 16.3 Å². The summed E-state index contributed by atoms with van der Waals surface area (Å²) in [6.07, 6.45) is 0.800. The van der Waals surface area contributed by atoms with Gasteiger partial charge in [0, 0.05) is 17.1 Å². The molecule has 1 N–H and O–H groups in total. The van der Waals surface area contributed by atoms with E-state index in [-0.39, 0.29) is 5.69 Å². The summed E-state index contributed by atoms with van der Waals surface area (Å²) in [5.74, 6) is -0.398. The summed E-state index contributed by atoms with van der Waals surface area (Å²) < 4.78 is 6.75. The Hall–Kier alpha value is -2.01. The number of carbonyl (C=O) groups is 1. The molecule has 20 heavy (non-hydrogen) atoms. The zero-order valence-electron chi connectivity index (χ0n) is 11.3. The van der Waals surface area contributed by atoms with Crippen molar-refractivity contribution >= 4 is 17.6 Å². The lowest BCUT2D eigenvalue weighted by molar-refractivity contribution is 0.0683. The average molecular weight is 295 g/mol. The quantitative estimate of drug-likeness (QED) is 0.919. The van der Waals surface area contributed by atoms with E-state index in [1.165, 1.54) is 10.7 Å². The maximum absolute atomic E-state index is 11.2. The molecule has 6 heteroatoms. The Kier molecular flexibility index (Phi) is 4.29. The predicted octanol–water partition coefficient (Wildman–Crippen LogP) is 3.32. The van der Waals surface area contributed by atoms with Gasteiger partial charge < -0.3 is 9.84 Å². The van der Waals surface area contributed by atoms with E-state index >= 15 is 0 Å². The lowest BCUT2D eigenvalue weighted by Gasteiger charge is -2.06. The molecule has 0 atom stereocenters. The monoisotopic (exact) mass is 294 g/mol. The van der Waals surface area contributed by atoms with E-state index < -0.39 is 5.97 Å². The first-order chi connectivity index (χ1) is 9.56. The van der Waals surface area contributed by atoms with E-state index in [1.807, 2.05) is 6.92 Å². The summed E-state index contributed by atoms with van der Waals surface area (Å²) in [6.45, 7) is 2.51. The van der Waals surface area contributed by atoms with Gasteiger partial charge in [-0.3, -0.25) is 4.68 Å². The summed E-state index contributed by atoms with van der Waals surface area (Å²) >= 11 is 5.99. The van der Waals surface area contributed by atoms with Gasteiger partial charge in [0.15, 0.2) is 0 Å². The molecule has 0 bridgehead atoms. The summed E-state index contributed by atoms with van der Waals surface area (Å²) in [7, 11) is 1.55. The van der Waals surface area contributed by atoms with Crippen molar-refractivity contribution in [1.29, 1.82) is 0 Å². The van der Waals surface area contributed by atoms with Crippen LogP contribution in [0.25, 0.3) is 11.3 Å². The summed E-state index contributed by atoms with van der Waals surface area (Å²) in [6, 6.07) is 6.69. The number of methoxy groups -OCH3 is 1. The highest BCUT2D eigenvalue weighted by atomic mass is 35.5. The third-order valence-electron chi connectivity index (χ3n) is 2.87. The van der Waals surface area contributed by atoms with E-state index in [9.17, 15) is 9.90 Å².